The summed E-state index contributed by atoms with van der Waals surface area (Å²) in [5.41, 5.74) is 2.67. The lowest BCUT2D eigenvalue weighted by atomic mass is 10.2. The minimum atomic E-state index is 0.00889. The van der Waals surface area contributed by atoms with E-state index in [0.29, 0.717) is 18.0 Å². The first-order valence-corrected chi connectivity index (χ1v) is 7.86. The average molecular weight is 318 g/mol. The van der Waals surface area contributed by atoms with Crippen molar-refractivity contribution in [1.29, 1.82) is 0 Å². The van der Waals surface area contributed by atoms with Gasteiger partial charge in [0.2, 0.25) is 5.91 Å². The van der Waals surface area contributed by atoms with Crippen LogP contribution in [0.4, 0.5) is 0 Å². The van der Waals surface area contributed by atoms with Crippen LogP contribution in [0.25, 0.3) is 4.96 Å². The standard InChI is InChI=1S/C15H18N4O2S/c1-9-5-12(17-21-9)6-14(20)18(4)8-13-11(3)16-15-19(13)7-10(2)22-15/h5,7H,6,8H2,1-4H3. The minimum Gasteiger partial charge on any atom is -0.361 e. The summed E-state index contributed by atoms with van der Waals surface area (Å²) in [5, 5.41) is 3.87. The molecule has 0 N–H and O–H groups in total. The molecule has 0 saturated heterocycles. The Hall–Kier alpha value is -2.15. The van der Waals surface area contributed by atoms with Gasteiger partial charge in [-0.05, 0) is 20.8 Å². The van der Waals surface area contributed by atoms with E-state index in [1.807, 2.05) is 13.8 Å². The molecular weight excluding hydrogens is 300 g/mol. The summed E-state index contributed by atoms with van der Waals surface area (Å²) in [7, 11) is 1.80. The predicted octanol–water partition coefficient (Wildman–Crippen LogP) is 2.51. The van der Waals surface area contributed by atoms with Gasteiger partial charge in [-0.15, -0.1) is 11.3 Å². The summed E-state index contributed by atoms with van der Waals surface area (Å²) in [4.78, 5) is 20.7. The lowest BCUT2D eigenvalue weighted by Crippen LogP contribution is -2.28. The fraction of sp³-hybridized carbons (Fsp3) is 0.400. The van der Waals surface area contributed by atoms with E-state index >= 15 is 0 Å². The smallest absolute Gasteiger partial charge is 0.228 e. The highest BCUT2D eigenvalue weighted by atomic mass is 32.1. The molecular formula is C15H18N4O2S. The Labute approximate surface area is 132 Å². The molecule has 7 heteroatoms. The van der Waals surface area contributed by atoms with E-state index in [1.54, 1.807) is 29.4 Å². The Balaban J connectivity index is 1.76. The van der Waals surface area contributed by atoms with Crippen LogP contribution in [0.5, 0.6) is 0 Å². The normalized spacial score (nSPS) is 11.3. The summed E-state index contributed by atoms with van der Waals surface area (Å²) in [6.07, 6.45) is 2.31. The number of fused-ring (bicyclic) bond motifs is 1. The molecule has 3 aromatic heterocycles. The molecule has 116 valence electrons. The van der Waals surface area contributed by atoms with Crippen molar-refractivity contribution in [1.82, 2.24) is 19.4 Å². The lowest BCUT2D eigenvalue weighted by Gasteiger charge is -2.16. The molecule has 0 aliphatic rings. The summed E-state index contributed by atoms with van der Waals surface area (Å²) >= 11 is 1.65. The van der Waals surface area contributed by atoms with Crippen LogP contribution in [0.2, 0.25) is 0 Å². The van der Waals surface area contributed by atoms with Gasteiger partial charge in [0.25, 0.3) is 0 Å². The average Bonchev–Trinajstić information content (AvgIpc) is 3.08. The molecule has 0 spiro atoms. The fourth-order valence-corrected chi connectivity index (χ4v) is 3.29. The lowest BCUT2D eigenvalue weighted by molar-refractivity contribution is -0.129. The van der Waals surface area contributed by atoms with Crippen molar-refractivity contribution < 1.29 is 9.32 Å². The number of likely N-dealkylation sites (N-methyl/N-ethyl adjacent to an activating group) is 1. The fourth-order valence-electron chi connectivity index (χ4n) is 2.40. The van der Waals surface area contributed by atoms with Gasteiger partial charge in [-0.3, -0.25) is 9.20 Å². The summed E-state index contributed by atoms with van der Waals surface area (Å²) < 4.78 is 7.07. The number of amides is 1. The van der Waals surface area contributed by atoms with Crippen molar-refractivity contribution in [2.75, 3.05) is 7.05 Å². The second kappa shape index (κ2) is 5.57. The summed E-state index contributed by atoms with van der Waals surface area (Å²) in [6, 6.07) is 1.79. The molecule has 0 fully saturated rings. The quantitative estimate of drug-likeness (QED) is 0.741. The second-order valence-electron chi connectivity index (χ2n) is 5.49. The van der Waals surface area contributed by atoms with Crippen molar-refractivity contribution in [2.24, 2.45) is 0 Å². The number of hydrogen-bond donors (Lipinski definition) is 0. The number of aryl methyl sites for hydroxylation is 3. The van der Waals surface area contributed by atoms with Crippen LogP contribution >= 0.6 is 11.3 Å². The number of carbonyl (C=O) groups excluding carboxylic acids is 1. The van der Waals surface area contributed by atoms with E-state index in [2.05, 4.69) is 27.7 Å². The van der Waals surface area contributed by atoms with Crippen LogP contribution < -0.4 is 0 Å². The SMILES string of the molecule is Cc1cc(CC(=O)N(C)Cc2c(C)nc3sc(C)cn23)no1. The number of imidazole rings is 1. The minimum absolute atomic E-state index is 0.00889. The monoisotopic (exact) mass is 318 g/mol. The van der Waals surface area contributed by atoms with Crippen molar-refractivity contribution in [2.45, 2.75) is 33.7 Å². The predicted molar refractivity (Wildman–Crippen MR) is 84.0 cm³/mol. The number of rotatable bonds is 4. The van der Waals surface area contributed by atoms with Crippen LogP contribution in [0.15, 0.2) is 16.8 Å². The molecule has 1 amide bonds. The molecule has 0 aromatic carbocycles. The maximum absolute atomic E-state index is 12.3. The molecule has 0 bridgehead atoms. The Kier molecular flexibility index (Phi) is 3.74. The van der Waals surface area contributed by atoms with Gasteiger partial charge in [-0.25, -0.2) is 4.98 Å². The number of aromatic nitrogens is 3. The Bertz CT molecular complexity index is 830. The van der Waals surface area contributed by atoms with E-state index in [0.717, 1.165) is 16.3 Å². The molecule has 6 nitrogen and oxygen atoms in total. The zero-order chi connectivity index (χ0) is 15.9. The maximum atomic E-state index is 12.3. The van der Waals surface area contributed by atoms with Crippen LogP contribution in [-0.4, -0.2) is 32.4 Å². The van der Waals surface area contributed by atoms with Crippen LogP contribution in [-0.2, 0) is 17.8 Å². The van der Waals surface area contributed by atoms with Gasteiger partial charge in [0.1, 0.15) is 5.76 Å². The van der Waals surface area contributed by atoms with E-state index in [9.17, 15) is 4.79 Å². The number of carbonyl (C=O) groups is 1. The second-order valence-corrected chi connectivity index (χ2v) is 6.71. The molecule has 22 heavy (non-hydrogen) atoms. The molecule has 0 atom stereocenters. The largest absolute Gasteiger partial charge is 0.361 e. The molecule has 3 rings (SSSR count). The highest BCUT2D eigenvalue weighted by molar-refractivity contribution is 7.17. The van der Waals surface area contributed by atoms with Crippen molar-refractivity contribution in [3.63, 3.8) is 0 Å². The first-order chi connectivity index (χ1) is 10.4. The summed E-state index contributed by atoms with van der Waals surface area (Å²) in [5.74, 6) is 0.724. The molecule has 0 radical (unpaired) electrons. The zero-order valence-corrected chi connectivity index (χ0v) is 13.9. The molecule has 3 aromatic rings. The number of hydrogen-bond acceptors (Lipinski definition) is 5. The third-order valence-corrected chi connectivity index (χ3v) is 4.46. The molecule has 0 aliphatic carbocycles. The topological polar surface area (TPSA) is 63.6 Å². The number of nitrogens with zero attached hydrogens (tertiary/aromatic N) is 4. The van der Waals surface area contributed by atoms with Gasteiger partial charge in [-0.1, -0.05) is 5.16 Å². The van der Waals surface area contributed by atoms with Gasteiger partial charge in [0.05, 0.1) is 30.0 Å². The van der Waals surface area contributed by atoms with Crippen molar-refractivity contribution in [3.8, 4) is 0 Å². The summed E-state index contributed by atoms with van der Waals surface area (Å²) in [6.45, 7) is 6.37. The highest BCUT2D eigenvalue weighted by Gasteiger charge is 2.17. The van der Waals surface area contributed by atoms with E-state index in [4.69, 9.17) is 4.52 Å². The Morgan fingerprint density at radius 2 is 2.18 bits per heavy atom. The molecule has 0 saturated carbocycles. The highest BCUT2D eigenvalue weighted by Crippen LogP contribution is 2.21. The first-order valence-electron chi connectivity index (χ1n) is 7.04. The zero-order valence-electron chi connectivity index (χ0n) is 13.1. The van der Waals surface area contributed by atoms with Crippen LogP contribution in [0.3, 0.4) is 0 Å². The Morgan fingerprint density at radius 3 is 2.86 bits per heavy atom. The van der Waals surface area contributed by atoms with Gasteiger partial charge < -0.3 is 9.42 Å². The van der Waals surface area contributed by atoms with Crippen molar-refractivity contribution in [3.05, 3.63) is 40.0 Å². The molecule has 3 heterocycles. The third kappa shape index (κ3) is 2.76. The van der Waals surface area contributed by atoms with E-state index in [-0.39, 0.29) is 12.3 Å². The molecule has 0 aliphatic heterocycles. The van der Waals surface area contributed by atoms with E-state index < -0.39 is 0 Å². The van der Waals surface area contributed by atoms with Gasteiger partial charge >= 0.3 is 0 Å². The number of thiazole rings is 1. The van der Waals surface area contributed by atoms with Crippen molar-refractivity contribution >= 4 is 22.2 Å². The maximum Gasteiger partial charge on any atom is 0.228 e. The van der Waals surface area contributed by atoms with Gasteiger partial charge in [0, 0.05) is 24.2 Å². The van der Waals surface area contributed by atoms with Gasteiger partial charge in [-0.2, -0.15) is 0 Å². The molecule has 0 unspecified atom stereocenters. The van der Waals surface area contributed by atoms with Gasteiger partial charge in [0.15, 0.2) is 4.96 Å². The first kappa shape index (κ1) is 14.8. The van der Waals surface area contributed by atoms with Crippen LogP contribution in [0.1, 0.15) is 27.7 Å². The van der Waals surface area contributed by atoms with Crippen LogP contribution in [0, 0.1) is 20.8 Å². The van der Waals surface area contributed by atoms with E-state index in [1.165, 1.54) is 4.88 Å². The third-order valence-electron chi connectivity index (χ3n) is 3.56. The Morgan fingerprint density at radius 1 is 1.41 bits per heavy atom.